The number of hydrogen-bond donors (Lipinski definition) is 2. The molecule has 0 atom stereocenters. The van der Waals surface area contributed by atoms with E-state index in [1.54, 1.807) is 19.1 Å². The summed E-state index contributed by atoms with van der Waals surface area (Å²) in [5.41, 5.74) is 6.25. The Morgan fingerprint density at radius 1 is 0.935 bits per heavy atom. The van der Waals surface area contributed by atoms with Crippen LogP contribution >= 0.6 is 23.4 Å². The van der Waals surface area contributed by atoms with Crippen LogP contribution in [0.15, 0.2) is 84.0 Å². The van der Waals surface area contributed by atoms with Crippen molar-refractivity contribution >= 4 is 46.6 Å². The van der Waals surface area contributed by atoms with Gasteiger partial charge in [0.25, 0.3) is 5.91 Å². The van der Waals surface area contributed by atoms with Crippen LogP contribution in [0.3, 0.4) is 0 Å². The average molecular weight is 452 g/mol. The van der Waals surface area contributed by atoms with E-state index in [2.05, 4.69) is 15.8 Å². The Morgan fingerprint density at radius 2 is 1.65 bits per heavy atom. The zero-order valence-electron chi connectivity index (χ0n) is 17.0. The van der Waals surface area contributed by atoms with Crippen LogP contribution in [-0.2, 0) is 10.5 Å². The molecule has 0 aromatic heterocycles. The minimum atomic E-state index is -0.190. The Labute approximate surface area is 190 Å². The number of carbonyl (C=O) groups is 2. The number of halogens is 1. The van der Waals surface area contributed by atoms with Gasteiger partial charge in [0.05, 0.1) is 11.5 Å². The van der Waals surface area contributed by atoms with E-state index in [0.29, 0.717) is 27.7 Å². The monoisotopic (exact) mass is 451 g/mol. The first-order valence-electron chi connectivity index (χ1n) is 9.64. The zero-order valence-corrected chi connectivity index (χ0v) is 18.5. The fraction of sp³-hybridized carbons (Fsp3) is 0.125. The molecule has 0 radical (unpaired) electrons. The summed E-state index contributed by atoms with van der Waals surface area (Å²) >= 11 is 7.60. The fourth-order valence-corrected chi connectivity index (χ4v) is 3.83. The van der Waals surface area contributed by atoms with Gasteiger partial charge >= 0.3 is 0 Å². The second kappa shape index (κ2) is 11.3. The molecule has 7 heteroatoms. The number of carbonyl (C=O) groups excluding carboxylic acids is 2. The molecule has 158 valence electrons. The summed E-state index contributed by atoms with van der Waals surface area (Å²) in [5, 5.41) is 7.75. The molecule has 0 spiro atoms. The van der Waals surface area contributed by atoms with E-state index in [0.717, 1.165) is 11.1 Å². The van der Waals surface area contributed by atoms with Gasteiger partial charge in [-0.15, -0.1) is 11.8 Å². The van der Waals surface area contributed by atoms with Gasteiger partial charge in [-0.25, -0.2) is 5.43 Å². The summed E-state index contributed by atoms with van der Waals surface area (Å²) in [7, 11) is 0. The molecule has 0 unspecified atom stereocenters. The van der Waals surface area contributed by atoms with Crippen molar-refractivity contribution in [2.24, 2.45) is 5.10 Å². The maximum absolute atomic E-state index is 12.3. The van der Waals surface area contributed by atoms with Crippen molar-refractivity contribution in [2.45, 2.75) is 12.7 Å². The molecule has 0 bridgehead atoms. The Balaban J connectivity index is 1.52. The van der Waals surface area contributed by atoms with Crippen LogP contribution in [0, 0.1) is 0 Å². The first-order chi connectivity index (χ1) is 15.0. The van der Waals surface area contributed by atoms with Crippen molar-refractivity contribution in [1.82, 2.24) is 5.43 Å². The van der Waals surface area contributed by atoms with E-state index in [1.165, 1.54) is 11.8 Å². The highest BCUT2D eigenvalue weighted by Gasteiger charge is 2.07. The molecule has 0 aliphatic heterocycles. The number of thioether (sulfide) groups is 1. The lowest BCUT2D eigenvalue weighted by Crippen LogP contribution is -2.21. The Kier molecular flexibility index (Phi) is 8.27. The van der Waals surface area contributed by atoms with Gasteiger partial charge in [-0.3, -0.25) is 9.59 Å². The zero-order chi connectivity index (χ0) is 22.1. The fourth-order valence-electron chi connectivity index (χ4n) is 2.73. The molecule has 3 aromatic rings. The van der Waals surface area contributed by atoms with Crippen LogP contribution < -0.4 is 10.7 Å². The Morgan fingerprint density at radius 3 is 2.42 bits per heavy atom. The standard InChI is InChI=1S/C24H22ClN3O2S/c1-17(27-28-23(29)16-31-15-20-10-5-6-13-22(20)25)19-11-7-12-21(14-19)26-24(30)18-8-3-2-4-9-18/h2-14H,15-16H2,1H3,(H,26,30)(H,28,29)/b27-17-. The topological polar surface area (TPSA) is 70.6 Å². The molecule has 31 heavy (non-hydrogen) atoms. The Hall–Kier alpha value is -3.09. The molecule has 3 rings (SSSR count). The van der Waals surface area contributed by atoms with Gasteiger partial charge in [-0.2, -0.15) is 5.10 Å². The molecule has 5 nitrogen and oxygen atoms in total. The lowest BCUT2D eigenvalue weighted by molar-refractivity contribution is -0.118. The number of benzene rings is 3. The molecule has 0 saturated carbocycles. The predicted octanol–water partition coefficient (Wildman–Crippen LogP) is 5.37. The number of amides is 2. The molecule has 0 heterocycles. The number of hydrazone groups is 1. The highest BCUT2D eigenvalue weighted by Crippen LogP contribution is 2.20. The lowest BCUT2D eigenvalue weighted by Gasteiger charge is -2.08. The van der Waals surface area contributed by atoms with E-state index in [1.807, 2.05) is 66.7 Å². The van der Waals surface area contributed by atoms with Gasteiger partial charge < -0.3 is 5.32 Å². The highest BCUT2D eigenvalue weighted by atomic mass is 35.5. The molecule has 0 saturated heterocycles. The van der Waals surface area contributed by atoms with Crippen molar-refractivity contribution in [1.29, 1.82) is 0 Å². The third kappa shape index (κ3) is 6.98. The normalized spacial score (nSPS) is 11.1. The van der Waals surface area contributed by atoms with Crippen LogP contribution in [0.4, 0.5) is 5.69 Å². The van der Waals surface area contributed by atoms with Gasteiger partial charge in [0, 0.05) is 22.0 Å². The van der Waals surface area contributed by atoms with Crippen LogP contribution in [0.2, 0.25) is 5.02 Å². The van der Waals surface area contributed by atoms with Crippen LogP contribution in [0.5, 0.6) is 0 Å². The van der Waals surface area contributed by atoms with Crippen LogP contribution in [-0.4, -0.2) is 23.3 Å². The smallest absolute Gasteiger partial charge is 0.255 e. The van der Waals surface area contributed by atoms with E-state index >= 15 is 0 Å². The molecule has 2 amide bonds. The second-order valence-corrected chi connectivity index (χ2v) is 8.11. The molecule has 0 aliphatic carbocycles. The summed E-state index contributed by atoms with van der Waals surface area (Å²) in [6.45, 7) is 1.80. The van der Waals surface area contributed by atoms with E-state index < -0.39 is 0 Å². The van der Waals surface area contributed by atoms with Crippen molar-refractivity contribution in [3.63, 3.8) is 0 Å². The summed E-state index contributed by atoms with van der Waals surface area (Å²) in [5.74, 6) is 0.551. The summed E-state index contributed by atoms with van der Waals surface area (Å²) in [6, 6.07) is 23.9. The minimum Gasteiger partial charge on any atom is -0.322 e. The summed E-state index contributed by atoms with van der Waals surface area (Å²) < 4.78 is 0. The van der Waals surface area contributed by atoms with Gasteiger partial charge in [0.2, 0.25) is 5.91 Å². The molecule has 2 N–H and O–H groups in total. The SMILES string of the molecule is C/C(=N/NC(=O)CSCc1ccccc1Cl)c1cccc(NC(=O)c2ccccc2)c1. The average Bonchev–Trinajstić information content (AvgIpc) is 2.79. The predicted molar refractivity (Wildman–Crippen MR) is 129 cm³/mol. The molecule has 0 fully saturated rings. The minimum absolute atomic E-state index is 0.184. The van der Waals surface area contributed by atoms with E-state index in [9.17, 15) is 9.59 Å². The maximum atomic E-state index is 12.3. The first kappa shape index (κ1) is 22.6. The number of anilines is 1. The van der Waals surface area contributed by atoms with Crippen molar-refractivity contribution < 1.29 is 9.59 Å². The molecule has 3 aromatic carbocycles. The third-order valence-corrected chi connectivity index (χ3v) is 5.72. The number of rotatable bonds is 8. The van der Waals surface area contributed by atoms with Crippen molar-refractivity contribution in [2.75, 3.05) is 11.1 Å². The first-order valence-corrected chi connectivity index (χ1v) is 11.2. The van der Waals surface area contributed by atoms with Gasteiger partial charge in [-0.05, 0) is 48.4 Å². The van der Waals surface area contributed by atoms with E-state index in [-0.39, 0.29) is 17.6 Å². The van der Waals surface area contributed by atoms with Crippen LogP contribution in [0.1, 0.15) is 28.4 Å². The molecular weight excluding hydrogens is 430 g/mol. The second-order valence-electron chi connectivity index (χ2n) is 6.72. The molecule has 0 aliphatic rings. The maximum Gasteiger partial charge on any atom is 0.255 e. The number of nitrogens with one attached hydrogen (secondary N) is 2. The molecular formula is C24H22ClN3O2S. The lowest BCUT2D eigenvalue weighted by atomic mass is 10.1. The summed E-state index contributed by atoms with van der Waals surface area (Å²) in [6.07, 6.45) is 0. The third-order valence-electron chi connectivity index (χ3n) is 4.37. The van der Waals surface area contributed by atoms with Gasteiger partial charge in [-0.1, -0.05) is 60.1 Å². The highest BCUT2D eigenvalue weighted by molar-refractivity contribution is 7.99. The quantitative estimate of drug-likeness (QED) is 0.357. The van der Waals surface area contributed by atoms with Gasteiger partial charge in [0.15, 0.2) is 0 Å². The van der Waals surface area contributed by atoms with E-state index in [4.69, 9.17) is 11.6 Å². The number of nitrogens with zero attached hydrogens (tertiary/aromatic N) is 1. The Bertz CT molecular complexity index is 1090. The van der Waals surface area contributed by atoms with Crippen molar-refractivity contribution in [3.8, 4) is 0 Å². The number of hydrogen-bond acceptors (Lipinski definition) is 4. The largest absolute Gasteiger partial charge is 0.322 e. The van der Waals surface area contributed by atoms with Gasteiger partial charge in [0.1, 0.15) is 0 Å². The van der Waals surface area contributed by atoms with Crippen molar-refractivity contribution in [3.05, 3.63) is 101 Å². The summed E-state index contributed by atoms with van der Waals surface area (Å²) in [4.78, 5) is 24.4. The van der Waals surface area contributed by atoms with Crippen LogP contribution in [0.25, 0.3) is 0 Å².